The number of amides is 1. The Bertz CT molecular complexity index is 128. The molecule has 1 heterocycles. The number of carbonyl (C=O) groups is 1. The van der Waals surface area contributed by atoms with Gasteiger partial charge in [0.05, 0.1) is 5.92 Å². The molecule has 0 aromatic rings. The number of rotatable bonds is 1. The molecule has 0 saturated carbocycles. The molecular formula is C5H9NO2S. The Hall–Kier alpha value is -0.220. The number of methoxy groups -OCH3 is 1. The number of hydrogen-bond acceptors (Lipinski definition) is 3. The second kappa shape index (κ2) is 2.58. The van der Waals surface area contributed by atoms with Crippen LogP contribution in [-0.2, 0) is 9.53 Å². The molecule has 0 bridgehead atoms. The summed E-state index contributed by atoms with van der Waals surface area (Å²) >= 11 is 1.34. The summed E-state index contributed by atoms with van der Waals surface area (Å²) in [6, 6.07) is 0. The van der Waals surface area contributed by atoms with Crippen molar-refractivity contribution in [1.82, 2.24) is 4.72 Å². The topological polar surface area (TPSA) is 38.3 Å². The van der Waals surface area contributed by atoms with Crippen LogP contribution in [0.1, 0.15) is 6.92 Å². The van der Waals surface area contributed by atoms with Crippen LogP contribution in [0.5, 0.6) is 0 Å². The fraction of sp³-hybridized carbons (Fsp3) is 0.800. The Morgan fingerprint density at radius 1 is 1.78 bits per heavy atom. The molecule has 1 unspecified atom stereocenters. The molecule has 0 aliphatic carbocycles. The van der Waals surface area contributed by atoms with Gasteiger partial charge in [0.25, 0.3) is 0 Å². The van der Waals surface area contributed by atoms with Crippen molar-refractivity contribution in [2.75, 3.05) is 7.11 Å². The van der Waals surface area contributed by atoms with Gasteiger partial charge < -0.3 is 4.74 Å². The SMILES string of the molecule is COC1SNC(=O)[C@@H]1C. The van der Waals surface area contributed by atoms with Crippen molar-refractivity contribution in [2.45, 2.75) is 12.4 Å². The highest BCUT2D eigenvalue weighted by Crippen LogP contribution is 2.24. The summed E-state index contributed by atoms with van der Waals surface area (Å²) in [5, 5.41) is 0. The quantitative estimate of drug-likeness (QED) is 0.545. The lowest BCUT2D eigenvalue weighted by Crippen LogP contribution is -2.18. The van der Waals surface area contributed by atoms with Crippen molar-refractivity contribution in [1.29, 1.82) is 0 Å². The van der Waals surface area contributed by atoms with Gasteiger partial charge in [0.15, 0.2) is 0 Å². The van der Waals surface area contributed by atoms with Gasteiger partial charge in [0.1, 0.15) is 5.44 Å². The first-order valence-corrected chi connectivity index (χ1v) is 3.62. The fourth-order valence-electron chi connectivity index (χ4n) is 0.687. The monoisotopic (exact) mass is 147 g/mol. The first kappa shape index (κ1) is 6.89. The maximum absolute atomic E-state index is 10.7. The van der Waals surface area contributed by atoms with Gasteiger partial charge in [-0.3, -0.25) is 9.52 Å². The van der Waals surface area contributed by atoms with Crippen LogP contribution in [0.2, 0.25) is 0 Å². The van der Waals surface area contributed by atoms with Crippen molar-refractivity contribution in [3.8, 4) is 0 Å². The minimum atomic E-state index is -0.0139. The summed E-state index contributed by atoms with van der Waals surface area (Å²) in [6.07, 6.45) is 0. The molecule has 2 atom stereocenters. The van der Waals surface area contributed by atoms with Gasteiger partial charge in [-0.2, -0.15) is 0 Å². The molecule has 1 N–H and O–H groups in total. The summed E-state index contributed by atoms with van der Waals surface area (Å²) in [7, 11) is 1.61. The first-order valence-electron chi connectivity index (χ1n) is 2.74. The maximum Gasteiger partial charge on any atom is 0.236 e. The molecule has 1 amide bonds. The zero-order valence-electron chi connectivity index (χ0n) is 5.38. The Kier molecular flexibility index (Phi) is 1.97. The van der Waals surface area contributed by atoms with Gasteiger partial charge in [-0.05, 0) is 11.9 Å². The van der Waals surface area contributed by atoms with E-state index >= 15 is 0 Å². The van der Waals surface area contributed by atoms with Crippen molar-refractivity contribution < 1.29 is 9.53 Å². The largest absolute Gasteiger partial charge is 0.368 e. The Morgan fingerprint density at radius 2 is 2.44 bits per heavy atom. The molecule has 1 rings (SSSR count). The summed E-state index contributed by atoms with van der Waals surface area (Å²) in [4.78, 5) is 10.7. The zero-order chi connectivity index (χ0) is 6.85. The lowest BCUT2D eigenvalue weighted by Gasteiger charge is -2.06. The first-order chi connectivity index (χ1) is 4.25. The normalized spacial score (nSPS) is 34.7. The molecule has 0 aromatic carbocycles. The summed E-state index contributed by atoms with van der Waals surface area (Å²) < 4.78 is 7.60. The molecule has 1 aliphatic rings. The summed E-state index contributed by atoms with van der Waals surface area (Å²) in [6.45, 7) is 1.85. The molecule has 0 radical (unpaired) electrons. The number of hydrogen-bond donors (Lipinski definition) is 1. The highest BCUT2D eigenvalue weighted by Gasteiger charge is 2.31. The molecule has 1 fully saturated rings. The van der Waals surface area contributed by atoms with Crippen LogP contribution in [0.15, 0.2) is 0 Å². The van der Waals surface area contributed by atoms with E-state index in [0.717, 1.165) is 0 Å². The van der Waals surface area contributed by atoms with E-state index in [-0.39, 0.29) is 17.3 Å². The van der Waals surface area contributed by atoms with Crippen LogP contribution >= 0.6 is 11.9 Å². The third kappa shape index (κ3) is 1.19. The molecule has 0 spiro atoms. The lowest BCUT2D eigenvalue weighted by molar-refractivity contribution is -0.123. The Labute approximate surface area is 58.3 Å². The highest BCUT2D eigenvalue weighted by molar-refractivity contribution is 7.98. The second-order valence-corrected chi connectivity index (χ2v) is 2.88. The standard InChI is InChI=1S/C5H9NO2S/c1-3-4(7)6-9-5(3)8-2/h3,5H,1-2H3,(H,6,7)/t3-,5?/m0/s1. The van der Waals surface area contributed by atoms with Gasteiger partial charge in [-0.15, -0.1) is 0 Å². The van der Waals surface area contributed by atoms with E-state index < -0.39 is 0 Å². The van der Waals surface area contributed by atoms with Crippen LogP contribution in [-0.4, -0.2) is 18.5 Å². The third-order valence-electron chi connectivity index (χ3n) is 1.33. The predicted molar refractivity (Wildman–Crippen MR) is 35.7 cm³/mol. The lowest BCUT2D eigenvalue weighted by atomic mass is 10.2. The zero-order valence-corrected chi connectivity index (χ0v) is 6.20. The maximum atomic E-state index is 10.7. The number of ether oxygens (including phenoxy) is 1. The van der Waals surface area contributed by atoms with Crippen molar-refractivity contribution in [3.63, 3.8) is 0 Å². The molecule has 3 nitrogen and oxygen atoms in total. The van der Waals surface area contributed by atoms with Crippen LogP contribution in [0.3, 0.4) is 0 Å². The van der Waals surface area contributed by atoms with Crippen LogP contribution < -0.4 is 4.72 Å². The van der Waals surface area contributed by atoms with E-state index in [1.165, 1.54) is 11.9 Å². The average molecular weight is 147 g/mol. The van der Waals surface area contributed by atoms with E-state index in [2.05, 4.69) is 4.72 Å². The van der Waals surface area contributed by atoms with Gasteiger partial charge in [0, 0.05) is 7.11 Å². The van der Waals surface area contributed by atoms with Gasteiger partial charge in [-0.25, -0.2) is 0 Å². The Morgan fingerprint density at radius 3 is 2.67 bits per heavy atom. The molecule has 1 saturated heterocycles. The van der Waals surface area contributed by atoms with E-state index in [1.807, 2.05) is 6.92 Å². The van der Waals surface area contributed by atoms with Gasteiger partial charge >= 0.3 is 0 Å². The number of carbonyl (C=O) groups excluding carboxylic acids is 1. The van der Waals surface area contributed by atoms with Crippen molar-refractivity contribution in [3.05, 3.63) is 0 Å². The number of nitrogens with one attached hydrogen (secondary N) is 1. The van der Waals surface area contributed by atoms with Gasteiger partial charge in [0.2, 0.25) is 5.91 Å². The second-order valence-electron chi connectivity index (χ2n) is 1.98. The molecule has 4 heteroatoms. The van der Waals surface area contributed by atoms with Crippen molar-refractivity contribution in [2.24, 2.45) is 5.92 Å². The van der Waals surface area contributed by atoms with E-state index in [0.29, 0.717) is 0 Å². The van der Waals surface area contributed by atoms with Crippen LogP contribution in [0.4, 0.5) is 0 Å². The molecule has 1 aliphatic heterocycles. The Balaban J connectivity index is 2.51. The smallest absolute Gasteiger partial charge is 0.236 e. The minimum absolute atomic E-state index is 0.00231. The molecule has 9 heavy (non-hydrogen) atoms. The van der Waals surface area contributed by atoms with Crippen LogP contribution in [0, 0.1) is 5.92 Å². The van der Waals surface area contributed by atoms with E-state index in [9.17, 15) is 4.79 Å². The summed E-state index contributed by atoms with van der Waals surface area (Å²) in [5.41, 5.74) is -0.00231. The minimum Gasteiger partial charge on any atom is -0.368 e. The highest BCUT2D eigenvalue weighted by atomic mass is 32.2. The van der Waals surface area contributed by atoms with Crippen molar-refractivity contribution >= 4 is 17.9 Å². The average Bonchev–Trinajstić information content (AvgIpc) is 2.15. The third-order valence-corrected chi connectivity index (χ3v) is 2.48. The predicted octanol–water partition coefficient (Wildman–Crippen LogP) is 0.373. The molecule has 52 valence electrons. The van der Waals surface area contributed by atoms with Gasteiger partial charge in [-0.1, -0.05) is 6.92 Å². The molecular weight excluding hydrogens is 138 g/mol. The van der Waals surface area contributed by atoms with Crippen LogP contribution in [0.25, 0.3) is 0 Å². The van der Waals surface area contributed by atoms with E-state index in [1.54, 1.807) is 7.11 Å². The van der Waals surface area contributed by atoms with E-state index in [4.69, 9.17) is 4.74 Å². The fourth-order valence-corrected chi connectivity index (χ4v) is 1.53. The summed E-state index contributed by atoms with van der Waals surface area (Å²) in [5.74, 6) is 0.0480. The molecule has 0 aromatic heterocycles.